The van der Waals surface area contributed by atoms with Crippen molar-refractivity contribution in [3.63, 3.8) is 0 Å². The molecule has 0 saturated carbocycles. The molecule has 0 spiro atoms. The number of alkyl halides is 6. The van der Waals surface area contributed by atoms with Gasteiger partial charge in [0.25, 0.3) is 5.91 Å². The van der Waals surface area contributed by atoms with E-state index in [9.17, 15) is 39.9 Å². The number of pyridine rings is 1. The number of aromatic nitrogens is 1. The molecule has 0 radical (unpaired) electrons. The van der Waals surface area contributed by atoms with Gasteiger partial charge in [-0.25, -0.2) is 8.78 Å². The van der Waals surface area contributed by atoms with Gasteiger partial charge in [-0.1, -0.05) is 35.3 Å². The van der Waals surface area contributed by atoms with Crippen molar-refractivity contribution in [1.82, 2.24) is 10.3 Å². The van der Waals surface area contributed by atoms with Crippen LogP contribution in [0.4, 0.5) is 35.1 Å². The van der Waals surface area contributed by atoms with Gasteiger partial charge in [0.15, 0.2) is 0 Å². The van der Waals surface area contributed by atoms with E-state index in [1.54, 1.807) is 0 Å². The summed E-state index contributed by atoms with van der Waals surface area (Å²) in [6.07, 6.45) is -9.42. The quantitative estimate of drug-likeness (QED) is 0.220. The van der Waals surface area contributed by atoms with Crippen molar-refractivity contribution in [2.24, 2.45) is 0 Å². The number of amides is 1. The highest BCUT2D eigenvalue weighted by Crippen LogP contribution is 2.39. The van der Waals surface area contributed by atoms with Crippen molar-refractivity contribution in [2.45, 2.75) is 24.3 Å². The first-order chi connectivity index (χ1) is 19.1. The van der Waals surface area contributed by atoms with Crippen LogP contribution in [0.25, 0.3) is 0 Å². The number of carbonyl (C=O) groups is 1. The summed E-state index contributed by atoms with van der Waals surface area (Å²) in [6.45, 7) is 0. The fourth-order valence-corrected chi connectivity index (χ4v) is 4.58. The zero-order valence-corrected chi connectivity index (χ0v) is 21.9. The molecule has 0 aliphatic rings. The maximum atomic E-state index is 14.7. The van der Waals surface area contributed by atoms with Crippen LogP contribution in [0.15, 0.2) is 79.0 Å². The second-order valence-corrected chi connectivity index (χ2v) is 9.82. The Labute approximate surface area is 237 Å². The van der Waals surface area contributed by atoms with Gasteiger partial charge in [0.1, 0.15) is 17.2 Å². The largest absolute Gasteiger partial charge is 0.419 e. The summed E-state index contributed by atoms with van der Waals surface area (Å²) >= 11 is 12.1. The zero-order chi connectivity index (χ0) is 30.2. The predicted molar refractivity (Wildman–Crippen MR) is 135 cm³/mol. The molecule has 3 nitrogen and oxygen atoms in total. The lowest BCUT2D eigenvalue weighted by Gasteiger charge is -2.36. The molecule has 1 heterocycles. The number of benzene rings is 3. The molecule has 0 bridgehead atoms. The van der Waals surface area contributed by atoms with E-state index >= 15 is 0 Å². The maximum absolute atomic E-state index is 14.7. The van der Waals surface area contributed by atoms with Crippen molar-refractivity contribution in [3.8, 4) is 0 Å². The second kappa shape index (κ2) is 11.3. The lowest BCUT2D eigenvalue weighted by Crippen LogP contribution is -2.49. The Morgan fingerprint density at radius 1 is 0.780 bits per heavy atom. The summed E-state index contributed by atoms with van der Waals surface area (Å²) in [5.74, 6) is -4.19. The molecular formula is C28H16Cl2F8N2O. The second-order valence-electron chi connectivity index (χ2n) is 8.95. The smallest absolute Gasteiger partial charge is 0.337 e. The Kier molecular flexibility index (Phi) is 8.33. The monoisotopic (exact) mass is 618 g/mol. The van der Waals surface area contributed by atoms with Crippen molar-refractivity contribution in [3.05, 3.63) is 134 Å². The summed E-state index contributed by atoms with van der Waals surface area (Å²) in [4.78, 5) is 17.7. The van der Waals surface area contributed by atoms with Gasteiger partial charge in [-0.15, -0.1) is 0 Å². The Morgan fingerprint density at radius 2 is 1.49 bits per heavy atom. The topological polar surface area (TPSA) is 42.0 Å². The van der Waals surface area contributed by atoms with Gasteiger partial charge in [0, 0.05) is 23.2 Å². The van der Waals surface area contributed by atoms with Gasteiger partial charge in [-0.3, -0.25) is 9.78 Å². The summed E-state index contributed by atoms with van der Waals surface area (Å²) in [7, 11) is 0. The van der Waals surface area contributed by atoms with Gasteiger partial charge in [-0.2, -0.15) is 26.3 Å². The molecule has 13 heteroatoms. The first kappa shape index (κ1) is 30.3. The minimum Gasteiger partial charge on any atom is -0.337 e. The number of halogens is 10. The van der Waals surface area contributed by atoms with Crippen molar-refractivity contribution < 1.29 is 39.9 Å². The van der Waals surface area contributed by atoms with Gasteiger partial charge < -0.3 is 5.32 Å². The number of carbonyl (C=O) groups excluding carboxylic acids is 1. The molecule has 214 valence electrons. The molecule has 1 amide bonds. The number of hydrogen-bond donors (Lipinski definition) is 1. The molecular weight excluding hydrogens is 603 g/mol. The molecule has 1 unspecified atom stereocenters. The molecule has 0 fully saturated rings. The van der Waals surface area contributed by atoms with Crippen molar-refractivity contribution >= 4 is 29.1 Å². The Hall–Kier alpha value is -3.70. The number of rotatable bonds is 6. The van der Waals surface area contributed by atoms with E-state index < -0.39 is 57.7 Å². The summed E-state index contributed by atoms with van der Waals surface area (Å²) in [6, 6.07) is 11.6. The highest BCUT2D eigenvalue weighted by atomic mass is 35.5. The average molecular weight is 619 g/mol. The molecule has 0 saturated heterocycles. The van der Waals surface area contributed by atoms with Gasteiger partial charge >= 0.3 is 12.4 Å². The third-order valence-electron chi connectivity index (χ3n) is 6.10. The van der Waals surface area contributed by atoms with Crippen LogP contribution in [-0.2, 0) is 24.3 Å². The van der Waals surface area contributed by atoms with Crippen LogP contribution in [0.5, 0.6) is 0 Å². The minimum absolute atomic E-state index is 0.111. The van der Waals surface area contributed by atoms with E-state index in [1.165, 1.54) is 36.4 Å². The van der Waals surface area contributed by atoms with E-state index in [-0.39, 0.29) is 34.3 Å². The molecule has 4 aromatic rings. The van der Waals surface area contributed by atoms with E-state index in [0.717, 1.165) is 18.3 Å². The van der Waals surface area contributed by atoms with Crippen LogP contribution >= 0.6 is 23.2 Å². The average Bonchev–Trinajstić information content (AvgIpc) is 2.87. The number of hydrogen-bond acceptors (Lipinski definition) is 2. The van der Waals surface area contributed by atoms with Crippen LogP contribution in [0.2, 0.25) is 10.0 Å². The molecule has 1 aromatic heterocycles. The fourth-order valence-electron chi connectivity index (χ4n) is 4.25. The van der Waals surface area contributed by atoms with Gasteiger partial charge in [0.05, 0.1) is 21.8 Å². The number of nitrogens with zero attached hydrogens (tertiary/aromatic N) is 1. The normalized spacial score (nSPS) is 13.5. The SMILES string of the molecule is O=C(NC(Cc1cccc(Cl)c1)(c1cc(F)cc(C(F)(F)F)c1)c1ccc(Cl)cn1)c1ccc(F)c(C(F)(F)F)c1. The highest BCUT2D eigenvalue weighted by Gasteiger charge is 2.42. The predicted octanol–water partition coefficient (Wildman–Crippen LogP) is 8.62. The molecule has 0 aliphatic carbocycles. The lowest BCUT2D eigenvalue weighted by atomic mass is 9.79. The standard InChI is InChI=1S/C28H16Cl2F8N2O/c29-19-3-1-2-15(8-19)13-26(24-7-5-20(30)14-39-24,17-10-18(27(33,34)35)12-21(31)11-17)40-25(41)16-4-6-23(32)22(9-16)28(36,37)38/h1-12,14H,13H2,(H,40,41). The van der Waals surface area contributed by atoms with Crippen molar-refractivity contribution in [1.29, 1.82) is 0 Å². The summed E-state index contributed by atoms with van der Waals surface area (Å²) in [5.41, 5.74) is -6.16. The van der Waals surface area contributed by atoms with Crippen molar-refractivity contribution in [2.75, 3.05) is 0 Å². The van der Waals surface area contributed by atoms with Gasteiger partial charge in [0.2, 0.25) is 0 Å². The highest BCUT2D eigenvalue weighted by molar-refractivity contribution is 6.30. The van der Waals surface area contributed by atoms with E-state index in [1.807, 2.05) is 0 Å². The Balaban J connectivity index is 1.99. The number of nitrogens with one attached hydrogen (secondary N) is 1. The summed E-state index contributed by atoms with van der Waals surface area (Å²) in [5, 5.41) is 2.79. The molecule has 0 aliphatic heterocycles. The molecule has 1 atom stereocenters. The first-order valence-electron chi connectivity index (χ1n) is 11.5. The van der Waals surface area contributed by atoms with Crippen LogP contribution in [0.1, 0.15) is 38.3 Å². The molecule has 4 rings (SSSR count). The third-order valence-corrected chi connectivity index (χ3v) is 6.56. The maximum Gasteiger partial charge on any atom is 0.419 e. The zero-order valence-electron chi connectivity index (χ0n) is 20.3. The fraction of sp³-hybridized carbons (Fsp3) is 0.143. The first-order valence-corrected chi connectivity index (χ1v) is 12.3. The minimum atomic E-state index is -5.15. The molecule has 1 N–H and O–H groups in total. The molecule has 41 heavy (non-hydrogen) atoms. The lowest BCUT2D eigenvalue weighted by molar-refractivity contribution is -0.140. The van der Waals surface area contributed by atoms with E-state index in [2.05, 4.69) is 10.3 Å². The third kappa shape index (κ3) is 6.79. The van der Waals surface area contributed by atoms with Crippen LogP contribution in [0.3, 0.4) is 0 Å². The Bertz CT molecular complexity index is 1590. The molecule has 3 aromatic carbocycles. The van der Waals surface area contributed by atoms with Crippen LogP contribution in [0, 0.1) is 11.6 Å². The van der Waals surface area contributed by atoms with Gasteiger partial charge in [-0.05, 0) is 71.8 Å². The van der Waals surface area contributed by atoms with E-state index in [4.69, 9.17) is 23.2 Å². The summed E-state index contributed by atoms with van der Waals surface area (Å²) < 4.78 is 110. The Morgan fingerprint density at radius 3 is 2.10 bits per heavy atom. The van der Waals surface area contributed by atoms with Crippen LogP contribution in [-0.4, -0.2) is 10.9 Å². The van der Waals surface area contributed by atoms with E-state index in [0.29, 0.717) is 17.7 Å². The van der Waals surface area contributed by atoms with Crippen LogP contribution < -0.4 is 5.32 Å².